The highest BCUT2D eigenvalue weighted by Crippen LogP contribution is 2.33. The van der Waals surface area contributed by atoms with Crippen LogP contribution in [-0.2, 0) is 16.0 Å². The predicted octanol–water partition coefficient (Wildman–Crippen LogP) is 3.22. The first-order chi connectivity index (χ1) is 11.5. The highest BCUT2D eigenvalue weighted by atomic mass is 32.1. The second kappa shape index (κ2) is 8.26. The van der Waals surface area contributed by atoms with Gasteiger partial charge in [0.1, 0.15) is 5.75 Å². The number of aryl methyl sites for hydroxylation is 1. The molecule has 1 aromatic carbocycles. The smallest absolute Gasteiger partial charge is 0.308 e. The normalized spacial score (nSPS) is 12.2. The van der Waals surface area contributed by atoms with Crippen LogP contribution in [0, 0.1) is 5.92 Å². The van der Waals surface area contributed by atoms with Gasteiger partial charge in [-0.2, -0.15) is 0 Å². The highest BCUT2D eigenvalue weighted by molar-refractivity contribution is 7.20. The minimum absolute atomic E-state index is 0.0648. The molecule has 130 valence electrons. The number of benzene rings is 1. The van der Waals surface area contributed by atoms with Crippen LogP contribution in [-0.4, -0.2) is 37.7 Å². The van der Waals surface area contributed by atoms with Gasteiger partial charge >= 0.3 is 5.97 Å². The molecule has 2 rings (SSSR count). The zero-order valence-corrected chi connectivity index (χ0v) is 14.9. The van der Waals surface area contributed by atoms with Crippen LogP contribution in [0.4, 0.5) is 0 Å². The van der Waals surface area contributed by atoms with Gasteiger partial charge in [0.2, 0.25) is 0 Å². The largest absolute Gasteiger partial charge is 0.496 e. The van der Waals surface area contributed by atoms with E-state index < -0.39 is 5.92 Å². The lowest BCUT2D eigenvalue weighted by Crippen LogP contribution is -2.16. The van der Waals surface area contributed by atoms with Crippen molar-refractivity contribution >= 4 is 33.2 Å². The Labute approximate surface area is 145 Å². The summed E-state index contributed by atoms with van der Waals surface area (Å²) in [4.78, 5) is 24.5. The van der Waals surface area contributed by atoms with E-state index in [0.29, 0.717) is 17.7 Å². The number of thiophene rings is 1. The summed E-state index contributed by atoms with van der Waals surface area (Å²) in [6.45, 7) is 1.81. The Hall–Kier alpha value is -1.92. The third-order valence-corrected chi connectivity index (χ3v) is 5.03. The van der Waals surface area contributed by atoms with Crippen molar-refractivity contribution in [3.63, 3.8) is 0 Å². The van der Waals surface area contributed by atoms with Gasteiger partial charge in [0.25, 0.3) is 0 Å². The van der Waals surface area contributed by atoms with E-state index in [1.165, 1.54) is 18.4 Å². The fraction of sp³-hybridized carbons (Fsp3) is 0.444. The molecule has 1 atom stereocenters. The maximum absolute atomic E-state index is 12.4. The average Bonchev–Trinajstić information content (AvgIpc) is 3.00. The van der Waals surface area contributed by atoms with Gasteiger partial charge in [-0.25, -0.2) is 0 Å². The predicted molar refractivity (Wildman–Crippen MR) is 93.9 cm³/mol. The Morgan fingerprint density at radius 1 is 1.25 bits per heavy atom. The molecule has 5 nitrogen and oxygen atoms in total. The summed E-state index contributed by atoms with van der Waals surface area (Å²) < 4.78 is 11.0. The van der Waals surface area contributed by atoms with Gasteiger partial charge in [-0.05, 0) is 42.0 Å². The molecule has 0 saturated heterocycles. The molecule has 0 aliphatic rings. The molecule has 1 aromatic heterocycles. The summed E-state index contributed by atoms with van der Waals surface area (Å²) >= 11 is 1.40. The highest BCUT2D eigenvalue weighted by Gasteiger charge is 2.20. The van der Waals surface area contributed by atoms with Crippen molar-refractivity contribution in [2.24, 2.45) is 5.92 Å². The summed E-state index contributed by atoms with van der Waals surface area (Å²) in [5.41, 5.74) is 1.01. The maximum Gasteiger partial charge on any atom is 0.308 e. The summed E-state index contributed by atoms with van der Waals surface area (Å²) in [6, 6.07) is 5.78. The minimum atomic E-state index is -0.456. The average molecular weight is 350 g/mol. The van der Waals surface area contributed by atoms with E-state index >= 15 is 0 Å². The topological polar surface area (TPSA) is 72.8 Å². The molecule has 0 amide bonds. The number of rotatable bonds is 8. The maximum atomic E-state index is 12.4. The Bertz CT molecular complexity index is 734. The zero-order chi connectivity index (χ0) is 17.7. The molecule has 1 heterocycles. The lowest BCUT2D eigenvalue weighted by atomic mass is 10.0. The molecule has 0 radical (unpaired) electrons. The van der Waals surface area contributed by atoms with Crippen molar-refractivity contribution < 1.29 is 24.2 Å². The van der Waals surface area contributed by atoms with Gasteiger partial charge in [0.05, 0.1) is 25.0 Å². The zero-order valence-electron chi connectivity index (χ0n) is 14.1. The van der Waals surface area contributed by atoms with Crippen LogP contribution in [0.15, 0.2) is 18.2 Å². The molecule has 0 saturated carbocycles. The third-order valence-electron chi connectivity index (χ3n) is 3.89. The number of aliphatic hydroxyl groups excluding tert-OH is 1. The van der Waals surface area contributed by atoms with Crippen molar-refractivity contribution in [3.05, 3.63) is 28.6 Å². The summed E-state index contributed by atoms with van der Waals surface area (Å²) in [5.74, 6) is -0.135. The monoisotopic (exact) mass is 350 g/mol. The number of hydrogen-bond acceptors (Lipinski definition) is 6. The molecule has 6 heteroatoms. The quantitative estimate of drug-likeness (QED) is 0.584. The number of fused-ring (bicyclic) bond motifs is 1. The van der Waals surface area contributed by atoms with Gasteiger partial charge in [-0.1, -0.05) is 6.92 Å². The SMILES string of the molecule is COC(=O)[C@@H](C)CC(=O)c1cc2cc(CCCO)c(OC)cc2s1. The van der Waals surface area contributed by atoms with Gasteiger partial charge in [0, 0.05) is 17.7 Å². The van der Waals surface area contributed by atoms with Crippen molar-refractivity contribution in [2.75, 3.05) is 20.8 Å². The van der Waals surface area contributed by atoms with Crippen LogP contribution < -0.4 is 4.74 Å². The van der Waals surface area contributed by atoms with Gasteiger partial charge in [-0.15, -0.1) is 11.3 Å². The van der Waals surface area contributed by atoms with Gasteiger partial charge in [0.15, 0.2) is 5.78 Å². The number of carbonyl (C=O) groups is 2. The molecule has 24 heavy (non-hydrogen) atoms. The van der Waals surface area contributed by atoms with Crippen LogP contribution in [0.3, 0.4) is 0 Å². The molecular formula is C18H22O5S. The molecule has 1 N–H and O–H groups in total. The fourth-order valence-corrected chi connectivity index (χ4v) is 3.59. The van der Waals surface area contributed by atoms with E-state index in [9.17, 15) is 9.59 Å². The van der Waals surface area contributed by atoms with E-state index in [4.69, 9.17) is 9.84 Å². The van der Waals surface area contributed by atoms with E-state index in [-0.39, 0.29) is 24.8 Å². The number of Topliss-reactive ketones (excluding diaryl/α,β-unsaturated/α-hetero) is 1. The van der Waals surface area contributed by atoms with Crippen molar-refractivity contribution in [3.8, 4) is 5.75 Å². The standard InChI is InChI=1S/C18H22O5S/c1-11(18(21)23-3)7-14(20)17-9-13-8-12(5-4-6-19)15(22-2)10-16(13)24-17/h8-11,19H,4-7H2,1-3H3/t11-/m0/s1. The van der Waals surface area contributed by atoms with Gasteiger partial charge in [-0.3, -0.25) is 9.59 Å². The van der Waals surface area contributed by atoms with Crippen LogP contribution in [0.5, 0.6) is 5.75 Å². The Balaban J connectivity index is 2.26. The lowest BCUT2D eigenvalue weighted by Gasteiger charge is -2.07. The molecule has 0 unspecified atom stereocenters. The first kappa shape index (κ1) is 18.4. The first-order valence-corrected chi connectivity index (χ1v) is 8.64. The molecule has 0 spiro atoms. The number of methoxy groups -OCH3 is 2. The molecule has 0 aliphatic carbocycles. The lowest BCUT2D eigenvalue weighted by molar-refractivity contribution is -0.144. The second-order valence-electron chi connectivity index (χ2n) is 5.69. The summed E-state index contributed by atoms with van der Waals surface area (Å²) in [7, 11) is 2.93. The molecule has 2 aromatic rings. The number of aliphatic hydroxyl groups is 1. The molecule has 0 bridgehead atoms. The van der Waals surface area contributed by atoms with E-state index in [1.54, 1.807) is 14.0 Å². The van der Waals surface area contributed by atoms with Crippen molar-refractivity contribution in [2.45, 2.75) is 26.2 Å². The van der Waals surface area contributed by atoms with Gasteiger partial charge < -0.3 is 14.6 Å². The van der Waals surface area contributed by atoms with Crippen LogP contribution >= 0.6 is 11.3 Å². The third kappa shape index (κ3) is 4.13. The summed E-state index contributed by atoms with van der Waals surface area (Å²) in [5, 5.41) is 9.98. The Kier molecular flexibility index (Phi) is 6.34. The first-order valence-electron chi connectivity index (χ1n) is 7.82. The number of ether oxygens (including phenoxy) is 2. The molecule has 0 aliphatic heterocycles. The van der Waals surface area contributed by atoms with Crippen LogP contribution in [0.1, 0.15) is 35.0 Å². The Morgan fingerprint density at radius 3 is 2.62 bits per heavy atom. The van der Waals surface area contributed by atoms with Crippen molar-refractivity contribution in [1.82, 2.24) is 0 Å². The van der Waals surface area contributed by atoms with Crippen molar-refractivity contribution in [1.29, 1.82) is 0 Å². The molecule has 0 fully saturated rings. The van der Waals surface area contributed by atoms with Crippen LogP contribution in [0.25, 0.3) is 10.1 Å². The minimum Gasteiger partial charge on any atom is -0.496 e. The number of hydrogen-bond donors (Lipinski definition) is 1. The van der Waals surface area contributed by atoms with E-state index in [1.807, 2.05) is 18.2 Å². The fourth-order valence-electron chi connectivity index (χ4n) is 2.57. The van der Waals surface area contributed by atoms with E-state index in [0.717, 1.165) is 21.4 Å². The number of carbonyl (C=O) groups excluding carboxylic acids is 2. The van der Waals surface area contributed by atoms with E-state index in [2.05, 4.69) is 4.74 Å². The number of ketones is 1. The molecular weight excluding hydrogens is 328 g/mol. The Morgan fingerprint density at radius 2 is 2.00 bits per heavy atom. The second-order valence-corrected chi connectivity index (χ2v) is 6.77. The summed E-state index contributed by atoms with van der Waals surface area (Å²) in [6.07, 6.45) is 1.51. The number of esters is 1. The van der Waals surface area contributed by atoms with Crippen LogP contribution in [0.2, 0.25) is 0 Å².